The van der Waals surface area contributed by atoms with Crippen molar-refractivity contribution in [3.05, 3.63) is 11.9 Å². The molecule has 1 N–H and O–H groups in total. The molecule has 1 unspecified atom stereocenters. The first-order chi connectivity index (χ1) is 9.62. The molecule has 2 heterocycles. The Kier molecular flexibility index (Phi) is 4.00. The molecule has 0 radical (unpaired) electrons. The lowest BCUT2D eigenvalue weighted by molar-refractivity contribution is -0.144. The Morgan fingerprint density at radius 3 is 2.57 bits per heavy atom. The maximum Gasteiger partial charge on any atom is 0.451 e. The van der Waals surface area contributed by atoms with Crippen LogP contribution in [0.1, 0.15) is 12.7 Å². The SMILES string of the molecule is CNc1cc(N2CCS(=O)(=O)CC2C)nc(C(F)(F)F)n1. The van der Waals surface area contributed by atoms with Crippen molar-refractivity contribution in [3.63, 3.8) is 0 Å². The first-order valence-corrected chi connectivity index (χ1v) is 8.05. The van der Waals surface area contributed by atoms with Gasteiger partial charge in [0.15, 0.2) is 9.84 Å². The smallest absolute Gasteiger partial charge is 0.373 e. The number of sulfone groups is 1. The van der Waals surface area contributed by atoms with Crippen molar-refractivity contribution in [2.45, 2.75) is 19.1 Å². The lowest BCUT2D eigenvalue weighted by Gasteiger charge is -2.34. The van der Waals surface area contributed by atoms with Crippen LogP contribution in [-0.2, 0) is 16.0 Å². The molecule has 0 saturated carbocycles. The van der Waals surface area contributed by atoms with Crippen molar-refractivity contribution in [1.29, 1.82) is 0 Å². The Bertz CT molecular complexity index is 633. The zero-order chi connectivity index (χ0) is 15.8. The molecule has 1 aliphatic rings. The fraction of sp³-hybridized carbons (Fsp3) is 0.636. The standard InChI is InChI=1S/C11H15F3N4O2S/c1-7-6-21(19,20)4-3-18(7)9-5-8(15-2)16-10(17-9)11(12,13)14/h5,7H,3-4,6H2,1-2H3,(H,15,16,17). The molecule has 0 spiro atoms. The summed E-state index contributed by atoms with van der Waals surface area (Å²) in [7, 11) is -1.70. The third kappa shape index (κ3) is 3.55. The quantitative estimate of drug-likeness (QED) is 0.880. The van der Waals surface area contributed by atoms with Crippen molar-refractivity contribution in [3.8, 4) is 0 Å². The Labute approximate surface area is 120 Å². The molecule has 1 atom stereocenters. The second kappa shape index (κ2) is 5.32. The Morgan fingerprint density at radius 1 is 1.38 bits per heavy atom. The Hall–Kier alpha value is -1.58. The molecular formula is C11H15F3N4O2S. The Balaban J connectivity index is 2.40. The van der Waals surface area contributed by atoms with Crippen molar-refractivity contribution in [1.82, 2.24) is 9.97 Å². The summed E-state index contributed by atoms with van der Waals surface area (Å²) in [4.78, 5) is 8.46. The van der Waals surface area contributed by atoms with E-state index >= 15 is 0 Å². The van der Waals surface area contributed by atoms with Gasteiger partial charge in [0.25, 0.3) is 0 Å². The number of anilines is 2. The van der Waals surface area contributed by atoms with E-state index < -0.39 is 27.9 Å². The number of halogens is 3. The zero-order valence-electron chi connectivity index (χ0n) is 11.5. The minimum Gasteiger partial charge on any atom is -0.373 e. The van der Waals surface area contributed by atoms with E-state index in [-0.39, 0.29) is 29.7 Å². The van der Waals surface area contributed by atoms with E-state index in [1.807, 2.05) is 0 Å². The molecule has 21 heavy (non-hydrogen) atoms. The van der Waals surface area contributed by atoms with Crippen LogP contribution in [0.3, 0.4) is 0 Å². The Morgan fingerprint density at radius 2 is 2.05 bits per heavy atom. The van der Waals surface area contributed by atoms with Gasteiger partial charge in [-0.2, -0.15) is 13.2 Å². The summed E-state index contributed by atoms with van der Waals surface area (Å²) < 4.78 is 61.5. The van der Waals surface area contributed by atoms with Gasteiger partial charge in [-0.05, 0) is 6.92 Å². The lowest BCUT2D eigenvalue weighted by Crippen LogP contribution is -2.47. The van der Waals surface area contributed by atoms with Crippen LogP contribution < -0.4 is 10.2 Å². The van der Waals surface area contributed by atoms with Gasteiger partial charge in [-0.1, -0.05) is 0 Å². The molecule has 118 valence electrons. The van der Waals surface area contributed by atoms with Gasteiger partial charge in [-0.15, -0.1) is 0 Å². The molecule has 1 saturated heterocycles. The normalized spacial score (nSPS) is 22.1. The van der Waals surface area contributed by atoms with Gasteiger partial charge < -0.3 is 10.2 Å². The number of rotatable bonds is 2. The van der Waals surface area contributed by atoms with E-state index in [1.165, 1.54) is 13.1 Å². The third-order valence-corrected chi connectivity index (χ3v) is 4.98. The first-order valence-electron chi connectivity index (χ1n) is 6.23. The average molecular weight is 324 g/mol. The highest BCUT2D eigenvalue weighted by Gasteiger charge is 2.37. The van der Waals surface area contributed by atoms with Gasteiger partial charge in [0.05, 0.1) is 11.5 Å². The minimum absolute atomic E-state index is 0.0351. The summed E-state index contributed by atoms with van der Waals surface area (Å²) in [5.74, 6) is -1.34. The summed E-state index contributed by atoms with van der Waals surface area (Å²) in [5.41, 5.74) is 0. The van der Waals surface area contributed by atoms with Crippen LogP contribution in [0.2, 0.25) is 0 Å². The van der Waals surface area contributed by atoms with E-state index in [4.69, 9.17) is 0 Å². The van der Waals surface area contributed by atoms with E-state index in [9.17, 15) is 21.6 Å². The number of hydrogen-bond acceptors (Lipinski definition) is 6. The number of hydrogen-bond donors (Lipinski definition) is 1. The summed E-state index contributed by atoms with van der Waals surface area (Å²) in [6.45, 7) is 1.76. The van der Waals surface area contributed by atoms with E-state index in [2.05, 4.69) is 15.3 Å². The van der Waals surface area contributed by atoms with E-state index in [0.717, 1.165) is 0 Å². The maximum absolute atomic E-state index is 12.8. The van der Waals surface area contributed by atoms with Gasteiger partial charge in [0.1, 0.15) is 11.6 Å². The summed E-state index contributed by atoms with van der Waals surface area (Å²) in [6, 6.07) is 0.938. The van der Waals surface area contributed by atoms with Gasteiger partial charge >= 0.3 is 6.18 Å². The van der Waals surface area contributed by atoms with Crippen LogP contribution in [-0.4, -0.2) is 49.5 Å². The molecular weight excluding hydrogens is 309 g/mol. The second-order valence-corrected chi connectivity index (χ2v) is 7.07. The van der Waals surface area contributed by atoms with Crippen LogP contribution >= 0.6 is 0 Å². The highest BCUT2D eigenvalue weighted by Crippen LogP contribution is 2.30. The second-order valence-electron chi connectivity index (χ2n) is 4.84. The number of alkyl halides is 3. The number of nitrogens with zero attached hydrogens (tertiary/aromatic N) is 3. The van der Waals surface area contributed by atoms with E-state index in [1.54, 1.807) is 11.8 Å². The average Bonchev–Trinajstić information content (AvgIpc) is 2.36. The highest BCUT2D eigenvalue weighted by molar-refractivity contribution is 7.91. The topological polar surface area (TPSA) is 75.2 Å². The summed E-state index contributed by atoms with van der Waals surface area (Å²) in [5, 5.41) is 2.55. The summed E-state index contributed by atoms with van der Waals surface area (Å²) >= 11 is 0. The van der Waals surface area contributed by atoms with Crippen LogP contribution in [0.4, 0.5) is 24.8 Å². The van der Waals surface area contributed by atoms with Crippen LogP contribution in [0.25, 0.3) is 0 Å². The fourth-order valence-electron chi connectivity index (χ4n) is 2.18. The molecule has 1 aliphatic heterocycles. The van der Waals surface area contributed by atoms with Crippen molar-refractivity contribution < 1.29 is 21.6 Å². The largest absolute Gasteiger partial charge is 0.451 e. The monoisotopic (exact) mass is 324 g/mol. The highest BCUT2D eigenvalue weighted by atomic mass is 32.2. The molecule has 0 aliphatic carbocycles. The van der Waals surface area contributed by atoms with Gasteiger partial charge in [0, 0.05) is 25.7 Å². The molecule has 2 rings (SSSR count). The van der Waals surface area contributed by atoms with Crippen LogP contribution in [0, 0.1) is 0 Å². The van der Waals surface area contributed by atoms with Crippen LogP contribution in [0.5, 0.6) is 0 Å². The van der Waals surface area contributed by atoms with Gasteiger partial charge in [-0.25, -0.2) is 18.4 Å². The molecule has 1 aromatic rings. The zero-order valence-corrected chi connectivity index (χ0v) is 12.3. The molecule has 0 amide bonds. The lowest BCUT2D eigenvalue weighted by atomic mass is 10.3. The minimum atomic E-state index is -4.66. The van der Waals surface area contributed by atoms with Crippen molar-refractivity contribution in [2.24, 2.45) is 0 Å². The number of nitrogens with one attached hydrogen (secondary N) is 1. The van der Waals surface area contributed by atoms with Gasteiger partial charge in [0.2, 0.25) is 5.82 Å². The molecule has 6 nitrogen and oxygen atoms in total. The predicted molar refractivity (Wildman–Crippen MR) is 72.0 cm³/mol. The third-order valence-electron chi connectivity index (χ3n) is 3.19. The summed E-state index contributed by atoms with van der Waals surface area (Å²) in [6.07, 6.45) is -4.66. The molecule has 0 bridgehead atoms. The molecule has 10 heteroatoms. The van der Waals surface area contributed by atoms with Crippen LogP contribution in [0.15, 0.2) is 6.07 Å². The fourth-order valence-corrected chi connectivity index (χ4v) is 3.73. The van der Waals surface area contributed by atoms with Crippen molar-refractivity contribution >= 4 is 21.5 Å². The predicted octanol–water partition coefficient (Wildman–Crippen LogP) is 1.16. The maximum atomic E-state index is 12.8. The van der Waals surface area contributed by atoms with Gasteiger partial charge in [-0.3, -0.25) is 0 Å². The molecule has 1 aromatic heterocycles. The first kappa shape index (κ1) is 15.8. The van der Waals surface area contributed by atoms with E-state index in [0.29, 0.717) is 0 Å². The molecule has 0 aromatic carbocycles. The van der Waals surface area contributed by atoms with Crippen molar-refractivity contribution in [2.75, 3.05) is 35.3 Å². The molecule has 1 fully saturated rings. The number of aromatic nitrogens is 2.